The van der Waals surface area contributed by atoms with Crippen LogP contribution in [0.4, 0.5) is 5.69 Å². The van der Waals surface area contributed by atoms with E-state index < -0.39 is 0 Å². The summed E-state index contributed by atoms with van der Waals surface area (Å²) in [5.41, 5.74) is 4.09. The summed E-state index contributed by atoms with van der Waals surface area (Å²) in [5.74, 6) is 0.876. The predicted molar refractivity (Wildman–Crippen MR) is 116 cm³/mol. The van der Waals surface area contributed by atoms with Crippen molar-refractivity contribution in [2.75, 3.05) is 25.1 Å². The number of anilines is 1. The van der Waals surface area contributed by atoms with Crippen LogP contribution in [0.5, 0.6) is 5.75 Å². The average molecular weight is 389 g/mol. The number of nitrogens with zero attached hydrogens (tertiary/aromatic N) is 2. The molecule has 2 aromatic carbocycles. The number of rotatable bonds is 7. The van der Waals surface area contributed by atoms with E-state index in [2.05, 4.69) is 35.1 Å². The van der Waals surface area contributed by atoms with E-state index in [1.54, 1.807) is 7.11 Å². The van der Waals surface area contributed by atoms with Crippen molar-refractivity contribution >= 4 is 11.6 Å². The van der Waals surface area contributed by atoms with Crippen LogP contribution < -0.4 is 15.0 Å². The largest absolute Gasteiger partial charge is 0.497 e. The van der Waals surface area contributed by atoms with E-state index in [4.69, 9.17) is 4.74 Å². The molecule has 1 unspecified atom stereocenters. The number of amides is 1. The van der Waals surface area contributed by atoms with E-state index in [0.717, 1.165) is 47.8 Å². The lowest BCUT2D eigenvalue weighted by Crippen LogP contribution is -2.44. The summed E-state index contributed by atoms with van der Waals surface area (Å²) in [5, 5.41) is 3.30. The van der Waals surface area contributed by atoms with Crippen LogP contribution in [0.15, 0.2) is 66.9 Å². The van der Waals surface area contributed by atoms with Crippen LogP contribution in [0, 0.1) is 0 Å². The summed E-state index contributed by atoms with van der Waals surface area (Å²) in [6.07, 6.45) is 4.23. The number of ether oxygens (including phenoxy) is 1. The van der Waals surface area contributed by atoms with Crippen molar-refractivity contribution in [1.29, 1.82) is 0 Å². The van der Waals surface area contributed by atoms with E-state index >= 15 is 0 Å². The molecular weight excluding hydrogens is 362 g/mol. The standard InChI is InChI=1S/C24H27N3O2/c1-3-4-15-25-17-23(28)27-21-9-6-5-8-20(21)26-16-7-10-22(26)24(27)18-11-13-19(29-2)14-12-18/h5-14,16,24-25H,3-4,15,17H2,1-2H3. The molecule has 0 radical (unpaired) electrons. The first kappa shape index (κ1) is 19.3. The monoisotopic (exact) mass is 389 g/mol. The first-order chi connectivity index (χ1) is 14.2. The Kier molecular flexibility index (Phi) is 5.67. The number of hydrogen-bond acceptors (Lipinski definition) is 3. The van der Waals surface area contributed by atoms with Crippen molar-refractivity contribution in [3.8, 4) is 11.4 Å². The number of nitrogens with one attached hydrogen (secondary N) is 1. The molecule has 0 saturated heterocycles. The van der Waals surface area contributed by atoms with Gasteiger partial charge in [0.2, 0.25) is 5.91 Å². The number of benzene rings is 2. The molecule has 0 saturated carbocycles. The Balaban J connectivity index is 1.76. The zero-order chi connectivity index (χ0) is 20.2. The maximum Gasteiger partial charge on any atom is 0.241 e. The van der Waals surface area contributed by atoms with Crippen LogP contribution in [0.1, 0.15) is 37.1 Å². The number of methoxy groups -OCH3 is 1. The highest BCUT2D eigenvalue weighted by Gasteiger charge is 2.35. The minimum absolute atomic E-state index is 0.0711. The van der Waals surface area contributed by atoms with Crippen LogP contribution in [-0.4, -0.2) is 30.7 Å². The zero-order valence-corrected chi connectivity index (χ0v) is 17.0. The Morgan fingerprint density at radius 1 is 1.03 bits per heavy atom. The van der Waals surface area contributed by atoms with Crippen molar-refractivity contribution in [2.45, 2.75) is 25.8 Å². The number of fused-ring (bicyclic) bond motifs is 3. The van der Waals surface area contributed by atoms with Gasteiger partial charge < -0.3 is 14.6 Å². The van der Waals surface area contributed by atoms with Crippen molar-refractivity contribution in [2.24, 2.45) is 0 Å². The van der Waals surface area contributed by atoms with Gasteiger partial charge in [-0.1, -0.05) is 37.6 Å². The lowest BCUT2D eigenvalue weighted by atomic mass is 9.97. The Bertz CT molecular complexity index is 978. The highest BCUT2D eigenvalue weighted by Crippen LogP contribution is 2.42. The third-order valence-corrected chi connectivity index (χ3v) is 5.40. The van der Waals surface area contributed by atoms with Crippen LogP contribution in [-0.2, 0) is 4.79 Å². The Morgan fingerprint density at radius 2 is 1.79 bits per heavy atom. The molecule has 0 aliphatic carbocycles. The van der Waals surface area contributed by atoms with Gasteiger partial charge in [0.05, 0.1) is 30.7 Å². The molecule has 1 aliphatic heterocycles. The summed E-state index contributed by atoms with van der Waals surface area (Å²) in [6.45, 7) is 3.32. The summed E-state index contributed by atoms with van der Waals surface area (Å²) in [4.78, 5) is 15.3. The smallest absolute Gasteiger partial charge is 0.241 e. The quantitative estimate of drug-likeness (QED) is 0.613. The van der Waals surface area contributed by atoms with E-state index in [-0.39, 0.29) is 11.9 Å². The summed E-state index contributed by atoms with van der Waals surface area (Å²) >= 11 is 0. The maximum atomic E-state index is 13.4. The van der Waals surface area contributed by atoms with Gasteiger partial charge in [0.15, 0.2) is 0 Å². The molecule has 0 spiro atoms. The van der Waals surface area contributed by atoms with E-state index in [9.17, 15) is 4.79 Å². The molecule has 150 valence electrons. The minimum Gasteiger partial charge on any atom is -0.497 e. The summed E-state index contributed by atoms with van der Waals surface area (Å²) in [6, 6.07) is 20.0. The molecule has 1 atom stereocenters. The van der Waals surface area contributed by atoms with Crippen molar-refractivity contribution in [3.05, 3.63) is 78.1 Å². The Labute approximate surface area is 171 Å². The minimum atomic E-state index is -0.189. The molecular formula is C24H27N3O2. The van der Waals surface area contributed by atoms with Crippen LogP contribution in [0.3, 0.4) is 0 Å². The van der Waals surface area contributed by atoms with Gasteiger partial charge in [-0.25, -0.2) is 0 Å². The van der Waals surface area contributed by atoms with Gasteiger partial charge in [-0.05, 0) is 54.9 Å². The van der Waals surface area contributed by atoms with Crippen LogP contribution in [0.2, 0.25) is 0 Å². The summed E-state index contributed by atoms with van der Waals surface area (Å²) in [7, 11) is 1.66. The normalized spacial score (nSPS) is 15.0. The molecule has 1 aromatic heterocycles. The van der Waals surface area contributed by atoms with Crippen LogP contribution >= 0.6 is 0 Å². The number of unbranched alkanes of at least 4 members (excludes halogenated alkanes) is 1. The van der Waals surface area contributed by atoms with Gasteiger partial charge >= 0.3 is 0 Å². The van der Waals surface area contributed by atoms with E-state index in [1.807, 2.05) is 53.4 Å². The maximum absolute atomic E-state index is 13.4. The third kappa shape index (κ3) is 3.66. The fourth-order valence-electron chi connectivity index (χ4n) is 3.95. The third-order valence-electron chi connectivity index (χ3n) is 5.40. The molecule has 3 aromatic rings. The number of para-hydroxylation sites is 2. The van der Waals surface area contributed by atoms with Gasteiger partial charge in [0.1, 0.15) is 11.8 Å². The second-order valence-corrected chi connectivity index (χ2v) is 7.26. The molecule has 4 rings (SSSR count). The van der Waals surface area contributed by atoms with Gasteiger partial charge in [0.25, 0.3) is 0 Å². The topological polar surface area (TPSA) is 46.5 Å². The fraction of sp³-hybridized carbons (Fsp3) is 0.292. The SMILES string of the molecule is CCCCNCC(=O)N1c2ccccc2-n2cccc2C1c1ccc(OC)cc1. The van der Waals surface area contributed by atoms with Gasteiger partial charge in [-0.15, -0.1) is 0 Å². The van der Waals surface area contributed by atoms with Crippen molar-refractivity contribution < 1.29 is 9.53 Å². The average Bonchev–Trinajstić information content (AvgIpc) is 3.25. The number of carbonyl (C=O) groups excluding carboxylic acids is 1. The number of carbonyl (C=O) groups is 1. The van der Waals surface area contributed by atoms with Crippen molar-refractivity contribution in [3.63, 3.8) is 0 Å². The second-order valence-electron chi connectivity index (χ2n) is 7.26. The molecule has 5 nitrogen and oxygen atoms in total. The molecule has 0 fully saturated rings. The number of hydrogen-bond donors (Lipinski definition) is 1. The van der Waals surface area contributed by atoms with Gasteiger partial charge in [-0.3, -0.25) is 9.69 Å². The highest BCUT2D eigenvalue weighted by atomic mass is 16.5. The fourth-order valence-corrected chi connectivity index (χ4v) is 3.95. The zero-order valence-electron chi connectivity index (χ0n) is 17.0. The molecule has 1 amide bonds. The van der Waals surface area contributed by atoms with E-state index in [0.29, 0.717) is 6.54 Å². The molecule has 2 heterocycles. The predicted octanol–water partition coefficient (Wildman–Crippen LogP) is 4.31. The van der Waals surface area contributed by atoms with Crippen LogP contribution in [0.25, 0.3) is 5.69 Å². The first-order valence-electron chi connectivity index (χ1n) is 10.2. The number of aromatic nitrogens is 1. The second kappa shape index (κ2) is 8.53. The molecule has 0 bridgehead atoms. The van der Waals surface area contributed by atoms with Gasteiger partial charge in [0, 0.05) is 6.20 Å². The lowest BCUT2D eigenvalue weighted by molar-refractivity contribution is -0.118. The Hall–Kier alpha value is -3.05. The first-order valence-corrected chi connectivity index (χ1v) is 10.2. The Morgan fingerprint density at radius 3 is 2.52 bits per heavy atom. The van der Waals surface area contributed by atoms with Gasteiger partial charge in [-0.2, -0.15) is 0 Å². The molecule has 29 heavy (non-hydrogen) atoms. The van der Waals surface area contributed by atoms with E-state index in [1.165, 1.54) is 0 Å². The van der Waals surface area contributed by atoms with Crippen molar-refractivity contribution in [1.82, 2.24) is 9.88 Å². The lowest BCUT2D eigenvalue weighted by Gasteiger charge is -2.38. The summed E-state index contributed by atoms with van der Waals surface area (Å²) < 4.78 is 7.50. The molecule has 5 heteroatoms. The molecule has 1 aliphatic rings. The highest BCUT2D eigenvalue weighted by molar-refractivity contribution is 5.99. The molecule has 1 N–H and O–H groups in total.